The quantitative estimate of drug-likeness (QED) is 0.698. The predicted octanol–water partition coefficient (Wildman–Crippen LogP) is 3.02. The van der Waals surface area contributed by atoms with Crippen LogP contribution in [-0.2, 0) is 0 Å². The number of benzene rings is 1. The maximum atomic E-state index is 9.55. The molecule has 1 aromatic rings. The summed E-state index contributed by atoms with van der Waals surface area (Å²) in [5.74, 6) is 0.904. The molecule has 1 aromatic carbocycles. The molecule has 0 saturated heterocycles. The Labute approximate surface area is 110 Å². The molecular weight excluding hydrogens is 226 g/mol. The number of nitrogens with zero attached hydrogens (tertiary/aromatic N) is 1. The molecule has 1 rings (SSSR count). The molecule has 0 heterocycles. The van der Waals surface area contributed by atoms with Crippen molar-refractivity contribution in [2.45, 2.75) is 33.1 Å². The Morgan fingerprint density at radius 1 is 1.17 bits per heavy atom. The average Bonchev–Trinajstić information content (AvgIpc) is 2.32. The van der Waals surface area contributed by atoms with E-state index in [1.807, 2.05) is 18.2 Å². The van der Waals surface area contributed by atoms with Crippen LogP contribution in [0.15, 0.2) is 24.3 Å². The van der Waals surface area contributed by atoms with E-state index in [1.165, 1.54) is 0 Å². The minimum atomic E-state index is 0.274. The molecule has 0 aliphatic rings. The van der Waals surface area contributed by atoms with Gasteiger partial charge in [-0.3, -0.25) is 0 Å². The Kier molecular flexibility index (Phi) is 6.58. The van der Waals surface area contributed by atoms with Crippen molar-refractivity contribution < 1.29 is 10.2 Å². The van der Waals surface area contributed by atoms with Gasteiger partial charge < -0.3 is 15.1 Å². The lowest BCUT2D eigenvalue weighted by atomic mass is 10.1. The van der Waals surface area contributed by atoms with Gasteiger partial charge in [0.2, 0.25) is 0 Å². The van der Waals surface area contributed by atoms with Gasteiger partial charge >= 0.3 is 0 Å². The maximum Gasteiger partial charge on any atom is 0.117 e. The molecule has 0 bridgehead atoms. The molecule has 0 saturated carbocycles. The molecule has 3 heteroatoms. The van der Waals surface area contributed by atoms with Crippen LogP contribution < -0.4 is 4.90 Å². The topological polar surface area (TPSA) is 43.7 Å². The summed E-state index contributed by atoms with van der Waals surface area (Å²) < 4.78 is 0. The van der Waals surface area contributed by atoms with Crippen molar-refractivity contribution in [2.24, 2.45) is 5.92 Å². The highest BCUT2D eigenvalue weighted by Crippen LogP contribution is 2.21. The molecule has 0 fully saturated rings. The molecule has 0 radical (unpaired) electrons. The third-order valence-electron chi connectivity index (χ3n) is 2.87. The van der Waals surface area contributed by atoms with Crippen LogP contribution in [0.3, 0.4) is 0 Å². The Hall–Kier alpha value is -1.22. The summed E-state index contributed by atoms with van der Waals surface area (Å²) >= 11 is 0. The largest absolute Gasteiger partial charge is 0.508 e. The molecule has 0 aliphatic carbocycles. The predicted molar refractivity (Wildman–Crippen MR) is 76.1 cm³/mol. The number of hydrogen-bond acceptors (Lipinski definition) is 3. The zero-order valence-corrected chi connectivity index (χ0v) is 11.5. The first-order chi connectivity index (χ1) is 8.63. The maximum absolute atomic E-state index is 9.55. The zero-order valence-electron chi connectivity index (χ0n) is 11.5. The van der Waals surface area contributed by atoms with Gasteiger partial charge in [-0.2, -0.15) is 0 Å². The highest BCUT2D eigenvalue weighted by atomic mass is 16.3. The molecular formula is C15H25NO2. The van der Waals surface area contributed by atoms with E-state index in [1.54, 1.807) is 6.07 Å². The fourth-order valence-electron chi connectivity index (χ4n) is 2.05. The number of aromatic hydroxyl groups is 1. The van der Waals surface area contributed by atoms with Crippen molar-refractivity contribution in [2.75, 3.05) is 24.6 Å². The summed E-state index contributed by atoms with van der Waals surface area (Å²) in [5.41, 5.74) is 1.08. The number of rotatable bonds is 8. The fraction of sp³-hybridized carbons (Fsp3) is 0.600. The third kappa shape index (κ3) is 5.41. The molecule has 18 heavy (non-hydrogen) atoms. The summed E-state index contributed by atoms with van der Waals surface area (Å²) in [6.07, 6.45) is 2.99. The summed E-state index contributed by atoms with van der Waals surface area (Å²) in [6, 6.07) is 7.43. The van der Waals surface area contributed by atoms with Gasteiger partial charge in [-0.1, -0.05) is 19.9 Å². The van der Waals surface area contributed by atoms with Crippen molar-refractivity contribution in [1.29, 1.82) is 0 Å². The monoisotopic (exact) mass is 251 g/mol. The van der Waals surface area contributed by atoms with Crippen molar-refractivity contribution in [1.82, 2.24) is 0 Å². The van der Waals surface area contributed by atoms with Crippen LogP contribution >= 0.6 is 0 Å². The van der Waals surface area contributed by atoms with Crippen LogP contribution in [0.4, 0.5) is 5.69 Å². The van der Waals surface area contributed by atoms with Crippen molar-refractivity contribution in [3.05, 3.63) is 24.3 Å². The molecule has 102 valence electrons. The second-order valence-corrected chi connectivity index (χ2v) is 5.14. The Morgan fingerprint density at radius 3 is 2.56 bits per heavy atom. The lowest BCUT2D eigenvalue weighted by Gasteiger charge is -2.27. The van der Waals surface area contributed by atoms with Crippen LogP contribution in [0, 0.1) is 5.92 Å². The first-order valence-electron chi connectivity index (χ1n) is 6.78. The molecule has 0 amide bonds. The summed E-state index contributed by atoms with van der Waals surface area (Å²) in [6.45, 7) is 6.63. The van der Waals surface area contributed by atoms with Gasteiger partial charge in [0.1, 0.15) is 5.75 Å². The number of aliphatic hydroxyl groups excluding tert-OH is 1. The number of anilines is 1. The van der Waals surface area contributed by atoms with E-state index in [2.05, 4.69) is 18.7 Å². The van der Waals surface area contributed by atoms with Crippen LogP contribution in [0.1, 0.15) is 33.1 Å². The number of aliphatic hydroxyl groups is 1. The van der Waals surface area contributed by atoms with Gasteiger partial charge in [-0.05, 0) is 37.3 Å². The van der Waals surface area contributed by atoms with Gasteiger partial charge in [-0.15, -0.1) is 0 Å². The smallest absolute Gasteiger partial charge is 0.117 e. The first-order valence-corrected chi connectivity index (χ1v) is 6.78. The summed E-state index contributed by atoms with van der Waals surface area (Å²) in [5, 5.41) is 18.3. The fourth-order valence-corrected chi connectivity index (χ4v) is 2.05. The molecule has 0 atom stereocenters. The molecule has 0 aromatic heterocycles. The van der Waals surface area contributed by atoms with Gasteiger partial charge in [-0.25, -0.2) is 0 Å². The lowest BCUT2D eigenvalue weighted by Crippen LogP contribution is -2.28. The SMILES string of the molecule is CC(C)CN(CCCCCO)c1cccc(O)c1. The van der Waals surface area contributed by atoms with Gasteiger partial charge in [0.25, 0.3) is 0 Å². The Bertz CT molecular complexity index is 339. The first kappa shape index (κ1) is 14.8. The van der Waals surface area contributed by atoms with E-state index in [4.69, 9.17) is 5.11 Å². The van der Waals surface area contributed by atoms with E-state index >= 15 is 0 Å². The molecule has 0 aliphatic heterocycles. The molecule has 3 nitrogen and oxygen atoms in total. The average molecular weight is 251 g/mol. The summed E-state index contributed by atoms with van der Waals surface area (Å²) in [7, 11) is 0. The van der Waals surface area contributed by atoms with E-state index in [9.17, 15) is 5.11 Å². The number of phenolic OH excluding ortho intramolecular Hbond substituents is 1. The zero-order chi connectivity index (χ0) is 13.4. The number of phenols is 1. The van der Waals surface area contributed by atoms with Gasteiger partial charge in [0.05, 0.1) is 0 Å². The highest BCUT2D eigenvalue weighted by molar-refractivity contribution is 5.50. The molecule has 2 N–H and O–H groups in total. The third-order valence-corrected chi connectivity index (χ3v) is 2.87. The van der Waals surface area contributed by atoms with E-state index in [0.717, 1.165) is 38.0 Å². The number of unbranched alkanes of at least 4 members (excludes halogenated alkanes) is 2. The minimum Gasteiger partial charge on any atom is -0.508 e. The van der Waals surface area contributed by atoms with Crippen molar-refractivity contribution in [3.63, 3.8) is 0 Å². The van der Waals surface area contributed by atoms with Crippen LogP contribution in [0.25, 0.3) is 0 Å². The summed E-state index contributed by atoms with van der Waals surface area (Å²) in [4.78, 5) is 2.31. The van der Waals surface area contributed by atoms with E-state index in [0.29, 0.717) is 11.7 Å². The number of hydrogen-bond donors (Lipinski definition) is 2. The van der Waals surface area contributed by atoms with Gasteiger partial charge in [0, 0.05) is 31.5 Å². The van der Waals surface area contributed by atoms with Gasteiger partial charge in [0.15, 0.2) is 0 Å². The van der Waals surface area contributed by atoms with Crippen LogP contribution in [0.5, 0.6) is 5.75 Å². The second-order valence-electron chi connectivity index (χ2n) is 5.14. The highest BCUT2D eigenvalue weighted by Gasteiger charge is 2.08. The van der Waals surface area contributed by atoms with Crippen LogP contribution in [-0.4, -0.2) is 29.9 Å². The Morgan fingerprint density at radius 2 is 1.94 bits per heavy atom. The lowest BCUT2D eigenvalue weighted by molar-refractivity contribution is 0.283. The molecule has 0 spiro atoms. The Balaban J connectivity index is 2.60. The van der Waals surface area contributed by atoms with Crippen LogP contribution in [0.2, 0.25) is 0 Å². The second kappa shape index (κ2) is 7.98. The van der Waals surface area contributed by atoms with Crippen molar-refractivity contribution >= 4 is 5.69 Å². The standard InChI is InChI=1S/C15H25NO2/c1-13(2)12-16(9-4-3-5-10-17)14-7-6-8-15(18)11-14/h6-8,11,13,17-18H,3-5,9-10,12H2,1-2H3. The molecule has 0 unspecified atom stereocenters. The van der Waals surface area contributed by atoms with E-state index in [-0.39, 0.29) is 6.61 Å². The van der Waals surface area contributed by atoms with Crippen molar-refractivity contribution in [3.8, 4) is 5.75 Å². The minimum absolute atomic E-state index is 0.274. The normalized spacial score (nSPS) is 10.9. The van der Waals surface area contributed by atoms with E-state index < -0.39 is 0 Å².